The van der Waals surface area contributed by atoms with Crippen molar-refractivity contribution in [3.8, 4) is 0 Å². The van der Waals surface area contributed by atoms with Crippen LogP contribution in [-0.2, 0) is 14.3 Å². The van der Waals surface area contributed by atoms with Crippen LogP contribution < -0.4 is 5.32 Å². The van der Waals surface area contributed by atoms with Crippen LogP contribution in [0.5, 0.6) is 0 Å². The first-order valence-electron chi connectivity index (χ1n) is 23.6. The van der Waals surface area contributed by atoms with Gasteiger partial charge in [0.15, 0.2) is 0 Å². The molecule has 2 unspecified atom stereocenters. The van der Waals surface area contributed by atoms with Crippen LogP contribution in [0.25, 0.3) is 0 Å². The van der Waals surface area contributed by atoms with Crippen LogP contribution in [0.3, 0.4) is 0 Å². The number of hydrogen-bond acceptors (Lipinski definition) is 5. The molecule has 0 aromatic carbocycles. The summed E-state index contributed by atoms with van der Waals surface area (Å²) in [7, 11) is 0. The van der Waals surface area contributed by atoms with E-state index < -0.39 is 12.1 Å². The molecule has 0 aromatic heterocycles. The first-order valence-corrected chi connectivity index (χ1v) is 23.6. The second-order valence-electron chi connectivity index (χ2n) is 16.1. The van der Waals surface area contributed by atoms with Crippen molar-refractivity contribution in [2.24, 2.45) is 0 Å². The van der Waals surface area contributed by atoms with Gasteiger partial charge in [0.05, 0.1) is 25.4 Å². The van der Waals surface area contributed by atoms with Crippen LogP contribution in [0.4, 0.5) is 0 Å². The Bertz CT molecular complexity index is 843. The lowest BCUT2D eigenvalue weighted by Gasteiger charge is -2.20. The molecule has 0 bridgehead atoms. The minimum Gasteiger partial charge on any atom is -0.466 e. The van der Waals surface area contributed by atoms with Crippen molar-refractivity contribution in [2.75, 3.05) is 13.2 Å². The number of carbonyl (C=O) groups is 2. The van der Waals surface area contributed by atoms with E-state index in [1.165, 1.54) is 161 Å². The van der Waals surface area contributed by atoms with Crippen LogP contribution in [0.2, 0.25) is 0 Å². The molecule has 0 aromatic rings. The van der Waals surface area contributed by atoms with Gasteiger partial charge in [-0.1, -0.05) is 199 Å². The first kappa shape index (κ1) is 52.3. The van der Waals surface area contributed by atoms with Crippen molar-refractivity contribution in [1.29, 1.82) is 0 Å². The standard InChI is InChI=1S/C48H91NO5/c1-3-5-7-9-11-13-15-20-24-28-32-36-40-46(51)45(44-50)49-47(52)41-37-33-29-25-21-18-17-19-23-27-31-35-39-43-54-48(53)42-38-34-30-26-22-16-14-12-10-8-6-4-2/h12,14,36,40,45-46,50-51H,3-11,13,15-35,37-39,41-44H2,1-2H3,(H,49,52)/b14-12-,40-36+. The minimum absolute atomic E-state index is 0.0177. The van der Waals surface area contributed by atoms with E-state index in [9.17, 15) is 19.8 Å². The van der Waals surface area contributed by atoms with Gasteiger partial charge >= 0.3 is 5.97 Å². The number of nitrogens with one attached hydrogen (secondary N) is 1. The van der Waals surface area contributed by atoms with E-state index in [2.05, 4.69) is 31.3 Å². The number of aliphatic hydroxyl groups excluding tert-OH is 2. The minimum atomic E-state index is -0.851. The molecule has 0 aliphatic carbocycles. The molecule has 0 spiro atoms. The number of carbonyl (C=O) groups excluding carboxylic acids is 2. The normalized spacial score (nSPS) is 12.9. The van der Waals surface area contributed by atoms with Crippen LogP contribution in [0, 0.1) is 0 Å². The topological polar surface area (TPSA) is 95.9 Å². The van der Waals surface area contributed by atoms with Crippen molar-refractivity contribution >= 4 is 11.9 Å². The van der Waals surface area contributed by atoms with Crippen molar-refractivity contribution < 1.29 is 24.5 Å². The second kappa shape index (κ2) is 44.1. The molecule has 318 valence electrons. The Hall–Kier alpha value is -1.66. The fourth-order valence-corrected chi connectivity index (χ4v) is 7.04. The van der Waals surface area contributed by atoms with Crippen LogP contribution in [0.1, 0.15) is 245 Å². The molecule has 54 heavy (non-hydrogen) atoms. The molecule has 0 saturated heterocycles. The predicted octanol–water partition coefficient (Wildman–Crippen LogP) is 13.6. The number of allylic oxidation sites excluding steroid dienone is 3. The Morgan fingerprint density at radius 2 is 0.870 bits per heavy atom. The number of hydrogen-bond donors (Lipinski definition) is 3. The molecule has 0 saturated carbocycles. The third kappa shape index (κ3) is 40.0. The van der Waals surface area contributed by atoms with E-state index in [4.69, 9.17) is 4.74 Å². The quantitative estimate of drug-likeness (QED) is 0.0327. The average Bonchev–Trinajstić information content (AvgIpc) is 3.17. The fourth-order valence-electron chi connectivity index (χ4n) is 7.04. The predicted molar refractivity (Wildman–Crippen MR) is 232 cm³/mol. The van der Waals surface area contributed by atoms with Gasteiger partial charge in [-0.15, -0.1) is 0 Å². The third-order valence-corrected chi connectivity index (χ3v) is 10.7. The largest absolute Gasteiger partial charge is 0.466 e. The van der Waals surface area contributed by atoms with Crippen LogP contribution in [-0.4, -0.2) is 47.4 Å². The maximum absolute atomic E-state index is 12.4. The summed E-state index contributed by atoms with van der Waals surface area (Å²) in [5.74, 6) is -0.100. The molecule has 0 rings (SSSR count). The molecule has 3 N–H and O–H groups in total. The molecule has 0 aliphatic heterocycles. The van der Waals surface area contributed by atoms with Gasteiger partial charge in [-0.2, -0.15) is 0 Å². The lowest BCUT2D eigenvalue weighted by atomic mass is 10.0. The summed E-state index contributed by atoms with van der Waals surface area (Å²) in [4.78, 5) is 24.4. The number of esters is 1. The lowest BCUT2D eigenvalue weighted by Crippen LogP contribution is -2.45. The van der Waals surface area contributed by atoms with E-state index >= 15 is 0 Å². The highest BCUT2D eigenvalue weighted by Crippen LogP contribution is 2.15. The van der Waals surface area contributed by atoms with Gasteiger partial charge in [-0.25, -0.2) is 0 Å². The lowest BCUT2D eigenvalue weighted by molar-refractivity contribution is -0.143. The molecule has 0 heterocycles. The molecule has 1 amide bonds. The van der Waals surface area contributed by atoms with Crippen molar-refractivity contribution in [3.05, 3.63) is 24.3 Å². The molecule has 6 nitrogen and oxygen atoms in total. The van der Waals surface area contributed by atoms with E-state index in [0.29, 0.717) is 19.4 Å². The van der Waals surface area contributed by atoms with E-state index in [1.807, 2.05) is 6.08 Å². The highest BCUT2D eigenvalue weighted by molar-refractivity contribution is 5.76. The Balaban J connectivity index is 3.49. The van der Waals surface area contributed by atoms with Gasteiger partial charge in [0.2, 0.25) is 5.91 Å². The molecular formula is C48H91NO5. The smallest absolute Gasteiger partial charge is 0.305 e. The van der Waals surface area contributed by atoms with Crippen LogP contribution >= 0.6 is 0 Å². The monoisotopic (exact) mass is 762 g/mol. The summed E-state index contributed by atoms with van der Waals surface area (Å²) < 4.78 is 5.44. The van der Waals surface area contributed by atoms with Gasteiger partial charge in [-0.05, 0) is 57.8 Å². The van der Waals surface area contributed by atoms with Gasteiger partial charge < -0.3 is 20.3 Å². The van der Waals surface area contributed by atoms with E-state index in [1.54, 1.807) is 6.08 Å². The van der Waals surface area contributed by atoms with Crippen LogP contribution in [0.15, 0.2) is 24.3 Å². The summed E-state index contributed by atoms with van der Waals surface area (Å²) in [5, 5.41) is 23.0. The number of rotatable bonds is 43. The maximum Gasteiger partial charge on any atom is 0.305 e. The molecule has 0 aliphatic rings. The summed E-state index contributed by atoms with van der Waals surface area (Å²) >= 11 is 0. The Morgan fingerprint density at radius 1 is 0.500 bits per heavy atom. The second-order valence-corrected chi connectivity index (χ2v) is 16.1. The van der Waals surface area contributed by atoms with Crippen molar-refractivity contribution in [3.63, 3.8) is 0 Å². The molecule has 2 atom stereocenters. The molecule has 6 heteroatoms. The number of unbranched alkanes of at least 4 members (excludes halogenated alkanes) is 30. The Morgan fingerprint density at radius 3 is 1.35 bits per heavy atom. The summed E-state index contributed by atoms with van der Waals surface area (Å²) in [5.41, 5.74) is 0. The van der Waals surface area contributed by atoms with Gasteiger partial charge in [-0.3, -0.25) is 9.59 Å². The van der Waals surface area contributed by atoms with Gasteiger partial charge in [0.1, 0.15) is 0 Å². The number of ether oxygens (including phenoxy) is 1. The Kier molecular flexibility index (Phi) is 42.7. The maximum atomic E-state index is 12.4. The number of amides is 1. The average molecular weight is 762 g/mol. The van der Waals surface area contributed by atoms with E-state index in [-0.39, 0.29) is 18.5 Å². The first-order chi connectivity index (χ1) is 26.5. The summed E-state index contributed by atoms with van der Waals surface area (Å²) in [6, 6.07) is -0.636. The zero-order valence-electron chi connectivity index (χ0n) is 36.0. The number of aliphatic hydroxyl groups is 2. The molecule has 0 radical (unpaired) electrons. The zero-order chi connectivity index (χ0) is 39.4. The highest BCUT2D eigenvalue weighted by Gasteiger charge is 2.18. The van der Waals surface area contributed by atoms with Gasteiger partial charge in [0, 0.05) is 12.8 Å². The molecular weight excluding hydrogens is 671 g/mol. The van der Waals surface area contributed by atoms with E-state index in [0.717, 1.165) is 57.8 Å². The van der Waals surface area contributed by atoms with Crippen molar-refractivity contribution in [1.82, 2.24) is 5.32 Å². The molecule has 0 fully saturated rings. The van der Waals surface area contributed by atoms with Gasteiger partial charge in [0.25, 0.3) is 0 Å². The fraction of sp³-hybridized carbons (Fsp3) is 0.875. The SMILES string of the molecule is CCCCC/C=C\CCCCCCCC(=O)OCCCCCCCCCCCCCCCC(=O)NC(CO)C(O)/C=C/CCCCCCCCCCCC. The highest BCUT2D eigenvalue weighted by atomic mass is 16.5. The zero-order valence-corrected chi connectivity index (χ0v) is 36.0. The third-order valence-electron chi connectivity index (χ3n) is 10.7. The summed E-state index contributed by atoms with van der Waals surface area (Å²) in [6.45, 7) is 4.83. The van der Waals surface area contributed by atoms with Crippen molar-refractivity contribution in [2.45, 2.75) is 257 Å². The summed E-state index contributed by atoms with van der Waals surface area (Å²) in [6.07, 6.45) is 50.2. The Labute approximate surface area is 335 Å².